The Labute approximate surface area is 183 Å². The number of aromatic nitrogens is 1. The van der Waals surface area contributed by atoms with Crippen molar-refractivity contribution in [3.8, 4) is 11.3 Å². The first-order chi connectivity index (χ1) is 14.4. The summed E-state index contributed by atoms with van der Waals surface area (Å²) in [4.78, 5) is 29.7. The van der Waals surface area contributed by atoms with Gasteiger partial charge in [-0.2, -0.15) is 0 Å². The lowest BCUT2D eigenvalue weighted by Gasteiger charge is -2.12. The van der Waals surface area contributed by atoms with Gasteiger partial charge in [-0.15, -0.1) is 0 Å². The highest BCUT2D eigenvalue weighted by Crippen LogP contribution is 2.28. The first-order valence-corrected chi connectivity index (χ1v) is 10.3. The smallest absolute Gasteiger partial charge is 0.256 e. The van der Waals surface area contributed by atoms with Gasteiger partial charge in [0.2, 0.25) is 0 Å². The van der Waals surface area contributed by atoms with Crippen molar-refractivity contribution in [1.29, 1.82) is 0 Å². The van der Waals surface area contributed by atoms with E-state index in [-0.39, 0.29) is 11.7 Å². The number of fused-ring (bicyclic) bond motifs is 1. The number of Topliss-reactive ketones (excluding diaryl/α,β-unsaturated/α-hetero) is 1. The number of carbonyl (C=O) groups excluding carboxylic acids is 2. The molecular formula is C25H19BrN2O2. The van der Waals surface area contributed by atoms with Crippen molar-refractivity contribution in [3.05, 3.63) is 94.0 Å². The van der Waals surface area contributed by atoms with Crippen molar-refractivity contribution in [1.82, 2.24) is 4.98 Å². The average molecular weight is 459 g/mol. The van der Waals surface area contributed by atoms with E-state index in [2.05, 4.69) is 21.2 Å². The number of benzene rings is 3. The van der Waals surface area contributed by atoms with E-state index in [1.54, 1.807) is 24.3 Å². The summed E-state index contributed by atoms with van der Waals surface area (Å²) >= 11 is 3.48. The van der Waals surface area contributed by atoms with E-state index in [4.69, 9.17) is 4.98 Å². The molecule has 0 bridgehead atoms. The van der Waals surface area contributed by atoms with Crippen molar-refractivity contribution in [2.24, 2.45) is 0 Å². The normalized spacial score (nSPS) is 10.8. The number of nitrogens with zero attached hydrogens (tertiary/aromatic N) is 1. The first kappa shape index (κ1) is 20.0. The fourth-order valence-corrected chi connectivity index (χ4v) is 3.71. The van der Waals surface area contributed by atoms with Gasteiger partial charge in [0.25, 0.3) is 5.91 Å². The van der Waals surface area contributed by atoms with Crippen molar-refractivity contribution in [2.45, 2.75) is 13.8 Å². The van der Waals surface area contributed by atoms with Gasteiger partial charge in [-0.3, -0.25) is 9.59 Å². The topological polar surface area (TPSA) is 59.1 Å². The van der Waals surface area contributed by atoms with Crippen LogP contribution in [-0.4, -0.2) is 16.7 Å². The number of pyridine rings is 1. The SMILES string of the molecule is CC(=O)c1cccc(NC(=O)c2cc(-c3cccc(C)c3)nc3ccc(Br)cc23)c1. The lowest BCUT2D eigenvalue weighted by atomic mass is 10.0. The van der Waals surface area contributed by atoms with E-state index in [9.17, 15) is 9.59 Å². The molecule has 30 heavy (non-hydrogen) atoms. The molecule has 5 heteroatoms. The van der Waals surface area contributed by atoms with Gasteiger partial charge in [-0.1, -0.05) is 51.8 Å². The van der Waals surface area contributed by atoms with Crippen molar-refractivity contribution < 1.29 is 9.59 Å². The van der Waals surface area contributed by atoms with Gasteiger partial charge in [0.15, 0.2) is 5.78 Å². The lowest BCUT2D eigenvalue weighted by molar-refractivity contribution is 0.101. The molecule has 0 fully saturated rings. The maximum atomic E-state index is 13.2. The quantitative estimate of drug-likeness (QED) is 0.358. The molecule has 3 aromatic carbocycles. The van der Waals surface area contributed by atoms with Gasteiger partial charge in [-0.25, -0.2) is 4.98 Å². The van der Waals surface area contributed by atoms with Crippen LogP contribution in [0.2, 0.25) is 0 Å². The third kappa shape index (κ3) is 4.16. The number of halogens is 1. The van der Waals surface area contributed by atoms with Gasteiger partial charge >= 0.3 is 0 Å². The molecule has 0 unspecified atom stereocenters. The summed E-state index contributed by atoms with van der Waals surface area (Å²) in [7, 11) is 0. The molecule has 0 aliphatic heterocycles. The fraction of sp³-hybridized carbons (Fsp3) is 0.0800. The number of nitrogens with one attached hydrogen (secondary N) is 1. The minimum Gasteiger partial charge on any atom is -0.322 e. The number of hydrogen-bond donors (Lipinski definition) is 1. The largest absolute Gasteiger partial charge is 0.322 e. The zero-order valence-corrected chi connectivity index (χ0v) is 18.2. The zero-order chi connectivity index (χ0) is 21.3. The standard InChI is InChI=1S/C25H19BrN2O2/c1-15-5-3-7-18(11-15)24-14-22(21-13-19(26)9-10-23(21)28-24)25(30)27-20-8-4-6-17(12-20)16(2)29/h3-14H,1-2H3,(H,27,30). The molecule has 0 spiro atoms. The predicted molar refractivity (Wildman–Crippen MR) is 124 cm³/mol. The number of carbonyl (C=O) groups is 2. The van der Waals surface area contributed by atoms with Crippen LogP contribution in [-0.2, 0) is 0 Å². The second-order valence-electron chi connectivity index (χ2n) is 7.18. The zero-order valence-electron chi connectivity index (χ0n) is 16.6. The Balaban J connectivity index is 1.81. The molecule has 0 atom stereocenters. The van der Waals surface area contributed by atoms with E-state index in [0.29, 0.717) is 16.8 Å². The van der Waals surface area contributed by atoms with Crippen LogP contribution in [0.1, 0.15) is 33.2 Å². The van der Waals surface area contributed by atoms with Gasteiger partial charge < -0.3 is 5.32 Å². The van der Waals surface area contributed by atoms with Crippen LogP contribution in [0.25, 0.3) is 22.2 Å². The molecule has 4 aromatic rings. The number of rotatable bonds is 4. The molecule has 1 heterocycles. The summed E-state index contributed by atoms with van der Waals surface area (Å²) in [5.41, 5.74) is 5.19. The second kappa shape index (κ2) is 8.20. The van der Waals surface area contributed by atoms with E-state index in [1.165, 1.54) is 6.92 Å². The summed E-state index contributed by atoms with van der Waals surface area (Å²) in [5.74, 6) is -0.304. The van der Waals surface area contributed by atoms with Gasteiger partial charge in [0.1, 0.15) is 0 Å². The number of hydrogen-bond acceptors (Lipinski definition) is 3. The van der Waals surface area contributed by atoms with Crippen LogP contribution in [0.15, 0.2) is 77.3 Å². The molecule has 0 saturated heterocycles. The number of aryl methyl sites for hydroxylation is 1. The average Bonchev–Trinajstić information content (AvgIpc) is 2.73. The summed E-state index contributed by atoms with van der Waals surface area (Å²) in [5, 5.41) is 3.67. The Morgan fingerprint density at radius 2 is 1.73 bits per heavy atom. The van der Waals surface area contributed by atoms with Gasteiger partial charge in [0, 0.05) is 26.7 Å². The summed E-state index contributed by atoms with van der Waals surface area (Å²) in [6, 6.07) is 22.5. The Morgan fingerprint density at radius 1 is 0.933 bits per heavy atom. The second-order valence-corrected chi connectivity index (χ2v) is 8.09. The third-order valence-electron chi connectivity index (χ3n) is 4.86. The highest BCUT2D eigenvalue weighted by atomic mass is 79.9. The molecule has 4 rings (SSSR count). The van der Waals surface area contributed by atoms with Crippen LogP contribution >= 0.6 is 15.9 Å². The van der Waals surface area contributed by atoms with E-state index < -0.39 is 0 Å². The van der Waals surface area contributed by atoms with Crippen LogP contribution in [0.3, 0.4) is 0 Å². The highest BCUT2D eigenvalue weighted by molar-refractivity contribution is 9.10. The Morgan fingerprint density at radius 3 is 2.50 bits per heavy atom. The first-order valence-electron chi connectivity index (χ1n) is 9.50. The monoisotopic (exact) mass is 458 g/mol. The molecule has 0 radical (unpaired) electrons. The van der Waals surface area contributed by atoms with Crippen LogP contribution in [0.4, 0.5) is 5.69 Å². The number of amides is 1. The minimum atomic E-state index is -0.255. The van der Waals surface area contributed by atoms with E-state index >= 15 is 0 Å². The summed E-state index contributed by atoms with van der Waals surface area (Å²) < 4.78 is 0.868. The predicted octanol–water partition coefficient (Wildman–Crippen LogP) is 6.43. The lowest BCUT2D eigenvalue weighted by Crippen LogP contribution is -2.13. The molecule has 1 aromatic heterocycles. The molecule has 148 valence electrons. The molecule has 0 aliphatic rings. The van der Waals surface area contributed by atoms with Gasteiger partial charge in [0.05, 0.1) is 16.8 Å². The fourth-order valence-electron chi connectivity index (χ4n) is 3.35. The van der Waals surface area contributed by atoms with E-state index in [0.717, 1.165) is 32.2 Å². The van der Waals surface area contributed by atoms with Crippen molar-refractivity contribution in [2.75, 3.05) is 5.32 Å². The molecule has 1 amide bonds. The third-order valence-corrected chi connectivity index (χ3v) is 5.35. The molecular weight excluding hydrogens is 440 g/mol. The Bertz CT molecular complexity index is 1300. The Hall–Kier alpha value is -3.31. The molecule has 1 N–H and O–H groups in total. The Kier molecular flexibility index (Phi) is 5.46. The van der Waals surface area contributed by atoms with Crippen LogP contribution < -0.4 is 5.32 Å². The van der Waals surface area contributed by atoms with Gasteiger partial charge in [-0.05, 0) is 56.3 Å². The minimum absolute atomic E-state index is 0.0499. The van der Waals surface area contributed by atoms with E-state index in [1.807, 2.05) is 55.5 Å². The number of ketones is 1. The van der Waals surface area contributed by atoms with Crippen molar-refractivity contribution in [3.63, 3.8) is 0 Å². The summed E-state index contributed by atoms with van der Waals surface area (Å²) in [6.07, 6.45) is 0. The molecule has 0 saturated carbocycles. The maximum Gasteiger partial charge on any atom is 0.256 e. The maximum absolute atomic E-state index is 13.2. The number of anilines is 1. The molecule has 0 aliphatic carbocycles. The van der Waals surface area contributed by atoms with Crippen LogP contribution in [0.5, 0.6) is 0 Å². The van der Waals surface area contributed by atoms with Crippen LogP contribution in [0, 0.1) is 6.92 Å². The highest BCUT2D eigenvalue weighted by Gasteiger charge is 2.15. The van der Waals surface area contributed by atoms with Crippen molar-refractivity contribution >= 4 is 44.2 Å². The summed E-state index contributed by atoms with van der Waals surface area (Å²) in [6.45, 7) is 3.53. The molecule has 4 nitrogen and oxygen atoms in total.